The second kappa shape index (κ2) is 4.12. The van der Waals surface area contributed by atoms with Crippen molar-refractivity contribution in [2.45, 2.75) is 0 Å². The van der Waals surface area contributed by atoms with E-state index in [1.165, 1.54) is 0 Å². The summed E-state index contributed by atoms with van der Waals surface area (Å²) < 4.78 is 0.692. The van der Waals surface area contributed by atoms with Crippen LogP contribution in [-0.2, 0) is 0 Å². The molecule has 0 radical (unpaired) electrons. The predicted molar refractivity (Wildman–Crippen MR) is 53.3 cm³/mol. The highest BCUT2D eigenvalue weighted by atomic mass is 79.9. The van der Waals surface area contributed by atoms with Gasteiger partial charge in [0.25, 0.3) is 0 Å². The van der Waals surface area contributed by atoms with E-state index in [4.69, 9.17) is 28.4 Å². The van der Waals surface area contributed by atoms with Crippen LogP contribution in [0.2, 0.25) is 5.02 Å². The van der Waals surface area contributed by atoms with Gasteiger partial charge < -0.3 is 5.21 Å². The first-order valence-electron chi connectivity index (χ1n) is 2.98. The monoisotopic (exact) mass is 267 g/mol. The number of oxime groups is 1. The molecular formula is C7H4BrCl2NO. The molecule has 0 aliphatic rings. The Bertz CT molecular complexity index is 327. The van der Waals surface area contributed by atoms with E-state index in [1.54, 1.807) is 18.2 Å². The maximum absolute atomic E-state index is 8.38. The molecule has 0 spiro atoms. The van der Waals surface area contributed by atoms with Crippen molar-refractivity contribution in [3.05, 3.63) is 33.3 Å². The van der Waals surface area contributed by atoms with Crippen molar-refractivity contribution >= 4 is 44.3 Å². The van der Waals surface area contributed by atoms with Crippen molar-refractivity contribution in [3.63, 3.8) is 0 Å². The van der Waals surface area contributed by atoms with Gasteiger partial charge in [0.15, 0.2) is 5.17 Å². The molecule has 0 bridgehead atoms. The van der Waals surface area contributed by atoms with E-state index in [0.717, 1.165) is 0 Å². The number of benzene rings is 1. The van der Waals surface area contributed by atoms with Crippen molar-refractivity contribution in [2.24, 2.45) is 5.16 Å². The lowest BCUT2D eigenvalue weighted by Gasteiger charge is -1.99. The van der Waals surface area contributed by atoms with Gasteiger partial charge in [0.05, 0.1) is 0 Å². The normalized spacial score (nSPS) is 11.8. The Balaban J connectivity index is 3.18. The third-order valence-electron chi connectivity index (χ3n) is 1.24. The van der Waals surface area contributed by atoms with Gasteiger partial charge in [-0.05, 0) is 18.2 Å². The largest absolute Gasteiger partial charge is 0.410 e. The number of hydrogen-bond acceptors (Lipinski definition) is 2. The molecule has 1 N–H and O–H groups in total. The van der Waals surface area contributed by atoms with Crippen LogP contribution in [0.1, 0.15) is 5.56 Å². The lowest BCUT2D eigenvalue weighted by Crippen LogP contribution is -1.91. The minimum Gasteiger partial charge on any atom is -0.410 e. The second-order valence-electron chi connectivity index (χ2n) is 2.01. The van der Waals surface area contributed by atoms with Gasteiger partial charge in [-0.25, -0.2) is 0 Å². The summed E-state index contributed by atoms with van der Waals surface area (Å²) in [6.45, 7) is 0. The molecule has 0 unspecified atom stereocenters. The van der Waals surface area contributed by atoms with Crippen LogP contribution >= 0.6 is 39.1 Å². The number of nitrogens with zero attached hydrogens (tertiary/aromatic N) is 1. The molecule has 1 aromatic rings. The molecular weight excluding hydrogens is 265 g/mol. The van der Waals surface area contributed by atoms with Crippen molar-refractivity contribution < 1.29 is 5.21 Å². The summed E-state index contributed by atoms with van der Waals surface area (Å²) in [5.74, 6) is 0. The quantitative estimate of drug-likeness (QED) is 0.472. The van der Waals surface area contributed by atoms with Crippen LogP contribution < -0.4 is 0 Å². The predicted octanol–water partition coefficient (Wildman–Crippen LogP) is 3.48. The van der Waals surface area contributed by atoms with Crippen LogP contribution in [0.15, 0.2) is 27.8 Å². The molecule has 0 fully saturated rings. The molecule has 5 heteroatoms. The maximum atomic E-state index is 8.38. The molecule has 1 aromatic carbocycles. The number of halogens is 3. The zero-order chi connectivity index (χ0) is 9.14. The topological polar surface area (TPSA) is 32.6 Å². The molecule has 1 rings (SSSR count). The zero-order valence-corrected chi connectivity index (χ0v) is 8.86. The molecule has 0 amide bonds. The minimum atomic E-state index is 0.0264. The van der Waals surface area contributed by atoms with E-state index in [2.05, 4.69) is 21.1 Å². The summed E-state index contributed by atoms with van der Waals surface area (Å²) in [7, 11) is 0. The summed E-state index contributed by atoms with van der Waals surface area (Å²) in [6, 6.07) is 4.99. The standard InChI is InChI=1S/C7H4BrCl2NO/c8-6-3-4(9)1-2-5(6)7(10)11-12/h1-3,12H. The Hall–Kier alpha value is -0.250. The zero-order valence-electron chi connectivity index (χ0n) is 5.76. The van der Waals surface area contributed by atoms with E-state index >= 15 is 0 Å². The molecule has 12 heavy (non-hydrogen) atoms. The van der Waals surface area contributed by atoms with E-state index in [0.29, 0.717) is 15.1 Å². The van der Waals surface area contributed by atoms with Crippen LogP contribution in [0.4, 0.5) is 0 Å². The molecule has 0 heterocycles. The van der Waals surface area contributed by atoms with Gasteiger partial charge in [-0.3, -0.25) is 0 Å². The first-order valence-corrected chi connectivity index (χ1v) is 4.53. The number of rotatable bonds is 1. The van der Waals surface area contributed by atoms with Gasteiger partial charge in [-0.1, -0.05) is 44.3 Å². The molecule has 0 aliphatic heterocycles. The Morgan fingerprint density at radius 2 is 2.17 bits per heavy atom. The van der Waals surface area contributed by atoms with Crippen molar-refractivity contribution in [2.75, 3.05) is 0 Å². The van der Waals surface area contributed by atoms with Crippen molar-refractivity contribution in [3.8, 4) is 0 Å². The Morgan fingerprint density at radius 1 is 1.50 bits per heavy atom. The highest BCUT2D eigenvalue weighted by Gasteiger charge is 2.05. The second-order valence-corrected chi connectivity index (χ2v) is 3.66. The van der Waals surface area contributed by atoms with Gasteiger partial charge in [-0.2, -0.15) is 0 Å². The Labute approximate surface area is 87.9 Å². The first-order chi connectivity index (χ1) is 5.65. The van der Waals surface area contributed by atoms with E-state index in [9.17, 15) is 0 Å². The van der Waals surface area contributed by atoms with Crippen LogP contribution in [-0.4, -0.2) is 10.4 Å². The Morgan fingerprint density at radius 3 is 2.67 bits per heavy atom. The SMILES string of the molecule is ON=C(Cl)c1ccc(Cl)cc1Br. The first kappa shape index (κ1) is 9.84. The molecule has 0 saturated carbocycles. The highest BCUT2D eigenvalue weighted by molar-refractivity contribution is 9.10. The van der Waals surface area contributed by atoms with Gasteiger partial charge in [-0.15, -0.1) is 0 Å². The summed E-state index contributed by atoms with van der Waals surface area (Å²) in [5, 5.41) is 11.9. The fourth-order valence-electron chi connectivity index (χ4n) is 0.711. The average molecular weight is 269 g/mol. The lowest BCUT2D eigenvalue weighted by atomic mass is 10.2. The Kier molecular flexibility index (Phi) is 3.38. The lowest BCUT2D eigenvalue weighted by molar-refractivity contribution is 0.321. The fraction of sp³-hybridized carbons (Fsp3) is 0. The summed E-state index contributed by atoms with van der Waals surface area (Å²) in [6.07, 6.45) is 0. The smallest absolute Gasteiger partial charge is 0.176 e. The van der Waals surface area contributed by atoms with E-state index < -0.39 is 0 Å². The third-order valence-corrected chi connectivity index (χ3v) is 2.41. The molecule has 64 valence electrons. The summed E-state index contributed by atoms with van der Waals surface area (Å²) in [5.41, 5.74) is 0.601. The fourth-order valence-corrected chi connectivity index (χ4v) is 1.86. The molecule has 0 saturated heterocycles. The van der Waals surface area contributed by atoms with Crippen LogP contribution in [0.5, 0.6) is 0 Å². The van der Waals surface area contributed by atoms with Crippen LogP contribution in [0.25, 0.3) is 0 Å². The average Bonchev–Trinajstić information content (AvgIpc) is 2.03. The van der Waals surface area contributed by atoms with E-state index in [1.807, 2.05) is 0 Å². The summed E-state index contributed by atoms with van der Waals surface area (Å²) in [4.78, 5) is 0. The molecule has 0 atom stereocenters. The minimum absolute atomic E-state index is 0.0264. The van der Waals surface area contributed by atoms with Crippen LogP contribution in [0.3, 0.4) is 0 Å². The molecule has 0 aromatic heterocycles. The summed E-state index contributed by atoms with van der Waals surface area (Å²) >= 11 is 14.5. The molecule has 0 aliphatic carbocycles. The van der Waals surface area contributed by atoms with Gasteiger partial charge in [0.2, 0.25) is 0 Å². The van der Waals surface area contributed by atoms with Crippen LogP contribution in [0, 0.1) is 0 Å². The van der Waals surface area contributed by atoms with E-state index in [-0.39, 0.29) is 5.17 Å². The highest BCUT2D eigenvalue weighted by Crippen LogP contribution is 2.23. The van der Waals surface area contributed by atoms with Crippen molar-refractivity contribution in [1.29, 1.82) is 0 Å². The van der Waals surface area contributed by atoms with Gasteiger partial charge in [0.1, 0.15) is 0 Å². The molecule has 2 nitrogen and oxygen atoms in total. The third kappa shape index (κ3) is 2.12. The van der Waals surface area contributed by atoms with Crippen molar-refractivity contribution in [1.82, 2.24) is 0 Å². The van der Waals surface area contributed by atoms with Gasteiger partial charge in [0, 0.05) is 15.1 Å². The van der Waals surface area contributed by atoms with Gasteiger partial charge >= 0.3 is 0 Å². The maximum Gasteiger partial charge on any atom is 0.176 e. The number of hydrogen-bond donors (Lipinski definition) is 1.